The second-order valence-electron chi connectivity index (χ2n) is 6.98. The summed E-state index contributed by atoms with van der Waals surface area (Å²) in [5.74, 6) is 0.608. The molecule has 2 aromatic heterocycles. The zero-order valence-corrected chi connectivity index (χ0v) is 14.3. The quantitative estimate of drug-likeness (QED) is 0.834. The van der Waals surface area contributed by atoms with Crippen molar-refractivity contribution in [3.05, 3.63) is 42.0 Å². The zero-order chi connectivity index (χ0) is 17.6. The van der Waals surface area contributed by atoms with E-state index in [4.69, 9.17) is 4.52 Å². The van der Waals surface area contributed by atoms with Gasteiger partial charge in [0, 0.05) is 31.9 Å². The molecule has 2 fully saturated rings. The van der Waals surface area contributed by atoms with E-state index in [1.165, 1.54) is 0 Å². The van der Waals surface area contributed by atoms with Crippen LogP contribution in [0.5, 0.6) is 0 Å². The van der Waals surface area contributed by atoms with E-state index in [0.717, 1.165) is 12.1 Å². The summed E-state index contributed by atoms with van der Waals surface area (Å²) in [7, 11) is 0. The van der Waals surface area contributed by atoms with Crippen molar-refractivity contribution in [3.8, 4) is 0 Å². The smallest absolute Gasteiger partial charge is 0.276 e. The van der Waals surface area contributed by atoms with Crippen molar-refractivity contribution in [1.82, 2.24) is 15.0 Å². The fourth-order valence-corrected chi connectivity index (χ4v) is 4.00. The number of rotatable bonds is 2. The van der Waals surface area contributed by atoms with Gasteiger partial charge in [-0.25, -0.2) is 0 Å². The molecule has 2 amide bonds. The van der Waals surface area contributed by atoms with Gasteiger partial charge in [-0.15, -0.1) is 0 Å². The average molecular weight is 340 g/mol. The Balaban J connectivity index is 1.57. The molecular formula is C18H20N4O3. The van der Waals surface area contributed by atoms with Gasteiger partial charge in [0.2, 0.25) is 5.91 Å². The van der Waals surface area contributed by atoms with Crippen LogP contribution in [0.1, 0.15) is 29.6 Å². The molecule has 7 nitrogen and oxygen atoms in total. The highest BCUT2D eigenvalue weighted by atomic mass is 16.5. The van der Waals surface area contributed by atoms with Crippen molar-refractivity contribution >= 4 is 17.5 Å². The van der Waals surface area contributed by atoms with Gasteiger partial charge in [0.05, 0.1) is 17.3 Å². The van der Waals surface area contributed by atoms with Gasteiger partial charge in [-0.1, -0.05) is 12.1 Å². The van der Waals surface area contributed by atoms with Gasteiger partial charge < -0.3 is 14.3 Å². The minimum atomic E-state index is -0.524. The molecule has 2 aliphatic heterocycles. The fraction of sp³-hybridized carbons (Fsp3) is 0.444. The average Bonchev–Trinajstić information content (AvgIpc) is 3.28. The van der Waals surface area contributed by atoms with E-state index in [-0.39, 0.29) is 17.7 Å². The minimum Gasteiger partial charge on any atom is -0.361 e. The van der Waals surface area contributed by atoms with Crippen LogP contribution in [0, 0.1) is 18.3 Å². The summed E-state index contributed by atoms with van der Waals surface area (Å²) < 4.78 is 5.01. The fourth-order valence-electron chi connectivity index (χ4n) is 4.00. The van der Waals surface area contributed by atoms with Gasteiger partial charge in [-0.05, 0) is 31.4 Å². The second-order valence-corrected chi connectivity index (χ2v) is 6.98. The lowest BCUT2D eigenvalue weighted by atomic mass is 9.78. The molecule has 0 N–H and O–H groups in total. The van der Waals surface area contributed by atoms with E-state index in [2.05, 4.69) is 10.1 Å². The molecule has 4 rings (SSSR count). The van der Waals surface area contributed by atoms with Gasteiger partial charge >= 0.3 is 0 Å². The van der Waals surface area contributed by atoms with E-state index in [1.54, 1.807) is 35.2 Å². The van der Waals surface area contributed by atoms with Crippen LogP contribution in [-0.4, -0.2) is 46.5 Å². The number of aryl methyl sites for hydroxylation is 1. The predicted molar refractivity (Wildman–Crippen MR) is 89.9 cm³/mol. The number of amides is 2. The first-order valence-electron chi connectivity index (χ1n) is 8.46. The van der Waals surface area contributed by atoms with Gasteiger partial charge in [0.25, 0.3) is 5.91 Å². The molecule has 2 aromatic rings. The number of anilines is 1. The van der Waals surface area contributed by atoms with Gasteiger partial charge in [-0.2, -0.15) is 0 Å². The molecule has 0 radical (unpaired) electrons. The summed E-state index contributed by atoms with van der Waals surface area (Å²) in [5, 5.41) is 3.81. The first kappa shape index (κ1) is 15.8. The van der Waals surface area contributed by atoms with Crippen LogP contribution in [0.15, 0.2) is 35.1 Å². The van der Waals surface area contributed by atoms with E-state index in [1.807, 2.05) is 19.1 Å². The molecule has 130 valence electrons. The van der Waals surface area contributed by atoms with Crippen LogP contribution in [0.3, 0.4) is 0 Å². The third-order valence-corrected chi connectivity index (χ3v) is 5.46. The molecule has 4 heterocycles. The standard InChI is InChI=1S/C18H20N4O3/c1-12-10-21(16(23)15-8-13(2)25-20-15)11-18(12)5-7-22(17(18)24)14-4-3-6-19-9-14/h3-4,6,8-9,12H,5,7,10-11H2,1-2H3/t12-,18-/m1/s1. The van der Waals surface area contributed by atoms with Crippen molar-refractivity contribution in [1.29, 1.82) is 0 Å². The van der Waals surface area contributed by atoms with Gasteiger partial charge in [0.15, 0.2) is 5.69 Å². The molecule has 2 atom stereocenters. The molecule has 2 aliphatic rings. The topological polar surface area (TPSA) is 79.5 Å². The SMILES string of the molecule is Cc1cc(C(=O)N2C[C@@H](C)[C@@]3(CCN(c4cccnc4)C3=O)C2)no1. The first-order chi connectivity index (χ1) is 12.0. The largest absolute Gasteiger partial charge is 0.361 e. The van der Waals surface area contributed by atoms with Crippen molar-refractivity contribution < 1.29 is 14.1 Å². The summed E-state index contributed by atoms with van der Waals surface area (Å²) in [4.78, 5) is 33.5. The molecule has 0 saturated carbocycles. The monoisotopic (exact) mass is 340 g/mol. The number of carbonyl (C=O) groups is 2. The van der Waals surface area contributed by atoms with Crippen LogP contribution >= 0.6 is 0 Å². The minimum absolute atomic E-state index is 0.0830. The Morgan fingerprint density at radius 2 is 2.28 bits per heavy atom. The molecule has 0 aromatic carbocycles. The molecule has 25 heavy (non-hydrogen) atoms. The van der Waals surface area contributed by atoms with E-state index < -0.39 is 5.41 Å². The maximum absolute atomic E-state index is 13.2. The number of hydrogen-bond donors (Lipinski definition) is 0. The Morgan fingerprint density at radius 1 is 1.44 bits per heavy atom. The van der Waals surface area contributed by atoms with Crippen LogP contribution in [-0.2, 0) is 4.79 Å². The third kappa shape index (κ3) is 2.42. The maximum atomic E-state index is 13.2. The maximum Gasteiger partial charge on any atom is 0.276 e. The number of likely N-dealkylation sites (tertiary alicyclic amines) is 1. The lowest BCUT2D eigenvalue weighted by Crippen LogP contribution is -2.40. The first-order valence-corrected chi connectivity index (χ1v) is 8.46. The molecule has 2 saturated heterocycles. The Kier molecular flexibility index (Phi) is 3.59. The molecular weight excluding hydrogens is 320 g/mol. The summed E-state index contributed by atoms with van der Waals surface area (Å²) in [6.45, 7) is 5.43. The number of pyridine rings is 1. The molecule has 0 bridgehead atoms. The highest BCUT2D eigenvalue weighted by Gasteiger charge is 2.56. The molecule has 0 aliphatic carbocycles. The van der Waals surface area contributed by atoms with Crippen molar-refractivity contribution in [2.24, 2.45) is 11.3 Å². The zero-order valence-electron chi connectivity index (χ0n) is 14.3. The van der Waals surface area contributed by atoms with Crippen LogP contribution < -0.4 is 4.90 Å². The predicted octanol–water partition coefficient (Wildman–Crippen LogP) is 1.89. The highest BCUT2D eigenvalue weighted by Crippen LogP contribution is 2.46. The van der Waals surface area contributed by atoms with E-state index >= 15 is 0 Å². The summed E-state index contributed by atoms with van der Waals surface area (Å²) >= 11 is 0. The molecule has 1 spiro atoms. The summed E-state index contributed by atoms with van der Waals surface area (Å²) in [5.41, 5.74) is 0.592. The lowest BCUT2D eigenvalue weighted by Gasteiger charge is -2.26. The third-order valence-electron chi connectivity index (χ3n) is 5.46. The van der Waals surface area contributed by atoms with Crippen molar-refractivity contribution in [2.45, 2.75) is 20.3 Å². The second kappa shape index (κ2) is 5.68. The molecule has 0 unspecified atom stereocenters. The van der Waals surface area contributed by atoms with Gasteiger partial charge in [0.1, 0.15) is 5.76 Å². The Morgan fingerprint density at radius 3 is 2.96 bits per heavy atom. The van der Waals surface area contributed by atoms with Crippen LogP contribution in [0.4, 0.5) is 5.69 Å². The number of nitrogens with zero attached hydrogens (tertiary/aromatic N) is 4. The Bertz CT molecular complexity index is 819. The van der Waals surface area contributed by atoms with Crippen molar-refractivity contribution in [2.75, 3.05) is 24.5 Å². The van der Waals surface area contributed by atoms with Crippen LogP contribution in [0.2, 0.25) is 0 Å². The van der Waals surface area contributed by atoms with Crippen LogP contribution in [0.25, 0.3) is 0 Å². The lowest BCUT2D eigenvalue weighted by molar-refractivity contribution is -0.126. The van der Waals surface area contributed by atoms with E-state index in [9.17, 15) is 9.59 Å². The molecule has 7 heteroatoms. The van der Waals surface area contributed by atoms with E-state index in [0.29, 0.717) is 31.1 Å². The van der Waals surface area contributed by atoms with Crippen molar-refractivity contribution in [3.63, 3.8) is 0 Å². The normalized spacial score (nSPS) is 26.0. The summed E-state index contributed by atoms with van der Waals surface area (Å²) in [6.07, 6.45) is 4.14. The number of carbonyl (C=O) groups excluding carboxylic acids is 2. The van der Waals surface area contributed by atoms with Gasteiger partial charge in [-0.3, -0.25) is 14.6 Å². The number of aromatic nitrogens is 2. The Hall–Kier alpha value is -2.70. The Labute approximate surface area is 145 Å². The summed E-state index contributed by atoms with van der Waals surface area (Å²) in [6, 6.07) is 5.36. The number of hydrogen-bond acceptors (Lipinski definition) is 5. The highest BCUT2D eigenvalue weighted by molar-refractivity contribution is 6.01.